The van der Waals surface area contributed by atoms with E-state index in [-0.39, 0.29) is 23.9 Å². The highest BCUT2D eigenvalue weighted by molar-refractivity contribution is 7.09. The fraction of sp³-hybridized carbons (Fsp3) is 0.667. The van der Waals surface area contributed by atoms with Crippen molar-refractivity contribution < 1.29 is 4.79 Å². The number of fused-ring (bicyclic) bond motifs is 2. The molecule has 0 saturated heterocycles. The molecule has 4 heteroatoms. The molecule has 104 valence electrons. The molecule has 1 aromatic heterocycles. The third-order valence-electron chi connectivity index (χ3n) is 4.76. The van der Waals surface area contributed by atoms with Gasteiger partial charge in [-0.2, -0.15) is 0 Å². The predicted molar refractivity (Wildman–Crippen MR) is 77.9 cm³/mol. The normalized spacial score (nSPS) is 34.4. The van der Waals surface area contributed by atoms with Crippen molar-refractivity contribution in [3.8, 4) is 0 Å². The highest BCUT2D eigenvalue weighted by Gasteiger charge is 2.49. The lowest BCUT2D eigenvalue weighted by atomic mass is 9.84. The number of nitrogens with two attached hydrogens (primary N) is 1. The maximum atomic E-state index is 12.4. The van der Waals surface area contributed by atoms with Gasteiger partial charge in [-0.15, -0.1) is 11.3 Å². The molecule has 2 bridgehead atoms. The standard InChI is InChI=1S/C15H22N2OS/c1-9(7-12-3-2-6-19-12)17-15(18)13-10-4-5-11(8-10)14(13)16/h2-3,6,9-11,13-14H,4-5,7-8,16H2,1H3,(H,17,18). The van der Waals surface area contributed by atoms with Crippen LogP contribution in [0.4, 0.5) is 0 Å². The zero-order valence-electron chi connectivity index (χ0n) is 11.3. The second kappa shape index (κ2) is 5.25. The van der Waals surface area contributed by atoms with Gasteiger partial charge < -0.3 is 11.1 Å². The molecule has 0 radical (unpaired) electrons. The minimum Gasteiger partial charge on any atom is -0.353 e. The van der Waals surface area contributed by atoms with Gasteiger partial charge in [-0.3, -0.25) is 4.79 Å². The molecule has 2 aliphatic carbocycles. The van der Waals surface area contributed by atoms with Gasteiger partial charge in [-0.1, -0.05) is 6.07 Å². The van der Waals surface area contributed by atoms with Crippen LogP contribution >= 0.6 is 11.3 Å². The summed E-state index contributed by atoms with van der Waals surface area (Å²) in [6.07, 6.45) is 4.49. The Morgan fingerprint density at radius 3 is 2.95 bits per heavy atom. The first-order chi connectivity index (χ1) is 9.15. The second-order valence-electron chi connectivity index (χ2n) is 6.13. The van der Waals surface area contributed by atoms with E-state index in [4.69, 9.17) is 5.73 Å². The van der Waals surface area contributed by atoms with Crippen LogP contribution in [0, 0.1) is 17.8 Å². The maximum Gasteiger partial charge on any atom is 0.225 e. The molecule has 0 aliphatic heterocycles. The first kappa shape index (κ1) is 13.1. The first-order valence-corrected chi connectivity index (χ1v) is 8.11. The Labute approximate surface area is 118 Å². The maximum absolute atomic E-state index is 12.4. The number of nitrogens with one attached hydrogen (secondary N) is 1. The Morgan fingerprint density at radius 2 is 2.32 bits per heavy atom. The van der Waals surface area contributed by atoms with E-state index in [1.54, 1.807) is 11.3 Å². The summed E-state index contributed by atoms with van der Waals surface area (Å²) in [6.45, 7) is 2.08. The van der Waals surface area contributed by atoms with E-state index >= 15 is 0 Å². The summed E-state index contributed by atoms with van der Waals surface area (Å²) >= 11 is 1.75. The number of carbonyl (C=O) groups is 1. The first-order valence-electron chi connectivity index (χ1n) is 7.23. The van der Waals surface area contributed by atoms with Crippen molar-refractivity contribution in [2.75, 3.05) is 0 Å². The van der Waals surface area contributed by atoms with Crippen molar-refractivity contribution in [2.45, 2.75) is 44.7 Å². The van der Waals surface area contributed by atoms with Gasteiger partial charge in [0.15, 0.2) is 0 Å². The zero-order valence-corrected chi connectivity index (χ0v) is 12.2. The average Bonchev–Trinajstić information content (AvgIpc) is 3.04. The Bertz CT molecular complexity index is 443. The predicted octanol–water partition coefficient (Wildman–Crippen LogP) is 2.17. The summed E-state index contributed by atoms with van der Waals surface area (Å²) in [4.78, 5) is 13.7. The summed E-state index contributed by atoms with van der Waals surface area (Å²) in [7, 11) is 0. The molecule has 5 atom stereocenters. The molecule has 2 saturated carbocycles. The lowest BCUT2D eigenvalue weighted by molar-refractivity contribution is -0.127. The lowest BCUT2D eigenvalue weighted by Gasteiger charge is -2.28. The molecular weight excluding hydrogens is 256 g/mol. The molecule has 1 aromatic rings. The molecule has 19 heavy (non-hydrogen) atoms. The van der Waals surface area contributed by atoms with Crippen molar-refractivity contribution in [2.24, 2.45) is 23.5 Å². The van der Waals surface area contributed by atoms with Crippen molar-refractivity contribution in [1.29, 1.82) is 0 Å². The third kappa shape index (κ3) is 2.56. The van der Waals surface area contributed by atoms with Crippen molar-refractivity contribution in [1.82, 2.24) is 5.32 Å². The molecule has 0 spiro atoms. The molecule has 1 heterocycles. The number of carbonyl (C=O) groups excluding carboxylic acids is 1. The summed E-state index contributed by atoms with van der Waals surface area (Å²) < 4.78 is 0. The van der Waals surface area contributed by atoms with Crippen LogP contribution in [0.25, 0.3) is 0 Å². The molecule has 1 amide bonds. The van der Waals surface area contributed by atoms with Crippen LogP contribution in [0.5, 0.6) is 0 Å². The average molecular weight is 278 g/mol. The van der Waals surface area contributed by atoms with Gasteiger partial charge >= 0.3 is 0 Å². The van der Waals surface area contributed by atoms with Crippen molar-refractivity contribution >= 4 is 17.2 Å². The minimum atomic E-state index is 0.0598. The monoisotopic (exact) mass is 278 g/mol. The second-order valence-corrected chi connectivity index (χ2v) is 7.16. The molecule has 2 aliphatic rings. The topological polar surface area (TPSA) is 55.1 Å². The van der Waals surface area contributed by atoms with Gasteiger partial charge in [0.25, 0.3) is 0 Å². The fourth-order valence-corrected chi connectivity index (χ4v) is 4.68. The van der Waals surface area contributed by atoms with Crippen LogP contribution in [-0.2, 0) is 11.2 Å². The van der Waals surface area contributed by atoms with Crippen LogP contribution in [0.3, 0.4) is 0 Å². The summed E-state index contributed by atoms with van der Waals surface area (Å²) in [5.74, 6) is 1.37. The summed E-state index contributed by atoms with van der Waals surface area (Å²) in [5.41, 5.74) is 6.22. The van der Waals surface area contributed by atoms with E-state index in [1.165, 1.54) is 24.1 Å². The number of hydrogen-bond acceptors (Lipinski definition) is 3. The van der Waals surface area contributed by atoms with Crippen molar-refractivity contribution in [3.63, 3.8) is 0 Å². The van der Waals surface area contributed by atoms with E-state index in [0.29, 0.717) is 11.8 Å². The molecule has 3 nitrogen and oxygen atoms in total. The molecule has 0 aromatic carbocycles. The van der Waals surface area contributed by atoms with Gasteiger partial charge in [0.1, 0.15) is 0 Å². The Balaban J connectivity index is 1.56. The van der Waals surface area contributed by atoms with Crippen LogP contribution in [0.15, 0.2) is 17.5 Å². The van der Waals surface area contributed by atoms with Crippen LogP contribution in [-0.4, -0.2) is 18.0 Å². The van der Waals surface area contributed by atoms with E-state index < -0.39 is 0 Å². The third-order valence-corrected chi connectivity index (χ3v) is 5.66. The smallest absolute Gasteiger partial charge is 0.225 e. The number of rotatable bonds is 4. The summed E-state index contributed by atoms with van der Waals surface area (Å²) in [5, 5.41) is 5.24. The fourth-order valence-electron chi connectivity index (χ4n) is 3.85. The SMILES string of the molecule is CC(Cc1cccs1)NC(=O)C1C2CCC(C2)C1N. The Hall–Kier alpha value is -0.870. The van der Waals surface area contributed by atoms with Gasteiger partial charge in [-0.25, -0.2) is 0 Å². The molecule has 3 rings (SSSR count). The van der Waals surface area contributed by atoms with Gasteiger partial charge in [-0.05, 0) is 49.5 Å². The quantitative estimate of drug-likeness (QED) is 0.887. The Morgan fingerprint density at radius 1 is 1.53 bits per heavy atom. The van der Waals surface area contributed by atoms with Crippen LogP contribution < -0.4 is 11.1 Å². The van der Waals surface area contributed by atoms with Gasteiger partial charge in [0.05, 0.1) is 5.92 Å². The van der Waals surface area contributed by atoms with Crippen LogP contribution in [0.1, 0.15) is 31.1 Å². The number of thiophene rings is 1. The van der Waals surface area contributed by atoms with Crippen molar-refractivity contribution in [3.05, 3.63) is 22.4 Å². The molecule has 2 fully saturated rings. The number of hydrogen-bond donors (Lipinski definition) is 2. The highest BCUT2D eigenvalue weighted by Crippen LogP contribution is 2.47. The van der Waals surface area contributed by atoms with E-state index in [1.807, 2.05) is 0 Å². The largest absolute Gasteiger partial charge is 0.353 e. The summed E-state index contributed by atoms with van der Waals surface area (Å²) in [6, 6.07) is 4.46. The van der Waals surface area contributed by atoms with E-state index in [2.05, 4.69) is 29.8 Å². The molecule has 5 unspecified atom stereocenters. The van der Waals surface area contributed by atoms with Gasteiger partial charge in [0, 0.05) is 23.4 Å². The minimum absolute atomic E-state index is 0.0598. The number of amides is 1. The lowest BCUT2D eigenvalue weighted by Crippen LogP contribution is -2.47. The Kier molecular flexibility index (Phi) is 3.63. The van der Waals surface area contributed by atoms with E-state index in [9.17, 15) is 4.79 Å². The molecule has 3 N–H and O–H groups in total. The van der Waals surface area contributed by atoms with Crippen LogP contribution in [0.2, 0.25) is 0 Å². The van der Waals surface area contributed by atoms with Gasteiger partial charge in [0.2, 0.25) is 5.91 Å². The molecular formula is C15H22N2OS. The van der Waals surface area contributed by atoms with E-state index in [0.717, 1.165) is 6.42 Å². The zero-order chi connectivity index (χ0) is 13.4. The highest BCUT2D eigenvalue weighted by atomic mass is 32.1.